The minimum absolute atomic E-state index is 0.0870. The zero-order chi connectivity index (χ0) is 23.5. The summed E-state index contributed by atoms with van der Waals surface area (Å²) in [5.41, 5.74) is 1.27. The molecule has 0 aliphatic carbocycles. The van der Waals surface area contributed by atoms with E-state index in [9.17, 15) is 19.5 Å². The fraction of sp³-hybridized carbons (Fsp3) is 0.240. The van der Waals surface area contributed by atoms with Crippen molar-refractivity contribution in [1.82, 2.24) is 14.5 Å². The number of amides is 2. The molecule has 8 nitrogen and oxygen atoms in total. The second-order valence-electron chi connectivity index (χ2n) is 8.04. The van der Waals surface area contributed by atoms with Gasteiger partial charge in [-0.1, -0.05) is 60.7 Å². The monoisotopic (exact) mass is 446 g/mol. The van der Waals surface area contributed by atoms with E-state index >= 15 is 0 Å². The molecule has 0 atom stereocenters. The largest absolute Gasteiger partial charge is 0.502 e. The molecule has 3 aromatic rings. The van der Waals surface area contributed by atoms with Crippen molar-refractivity contribution in [1.29, 1.82) is 0 Å². The Morgan fingerprint density at radius 3 is 2.12 bits per heavy atom. The van der Waals surface area contributed by atoms with Crippen molar-refractivity contribution in [2.45, 2.75) is 13.0 Å². The number of rotatable bonds is 6. The molecular weight excluding hydrogens is 420 g/mol. The summed E-state index contributed by atoms with van der Waals surface area (Å²) >= 11 is 0. The molecule has 0 saturated heterocycles. The summed E-state index contributed by atoms with van der Waals surface area (Å²) in [6.45, 7) is 2.25. The number of carbonyl (C=O) groups is 2. The molecule has 2 amide bonds. The Morgan fingerprint density at radius 1 is 1.00 bits per heavy atom. The molecule has 0 bridgehead atoms. The number of hydrogen-bond acceptors (Lipinski definition) is 5. The van der Waals surface area contributed by atoms with Gasteiger partial charge in [0, 0.05) is 39.3 Å². The van der Waals surface area contributed by atoms with Crippen LogP contribution in [-0.2, 0) is 4.79 Å². The molecule has 0 fully saturated rings. The van der Waals surface area contributed by atoms with Gasteiger partial charge >= 0.3 is 0 Å². The lowest BCUT2D eigenvalue weighted by Crippen LogP contribution is -2.56. The number of fused-ring (bicyclic) bond motifs is 1. The fourth-order valence-corrected chi connectivity index (χ4v) is 4.00. The van der Waals surface area contributed by atoms with Crippen LogP contribution < -0.4 is 10.4 Å². The molecule has 0 spiro atoms. The van der Waals surface area contributed by atoms with Gasteiger partial charge in [0.25, 0.3) is 5.91 Å². The maximum atomic E-state index is 13.3. The lowest BCUT2D eigenvalue weighted by Gasteiger charge is -2.44. The van der Waals surface area contributed by atoms with Gasteiger partial charge in [-0.25, -0.2) is 0 Å². The molecule has 4 rings (SSSR count). The van der Waals surface area contributed by atoms with Crippen molar-refractivity contribution < 1.29 is 14.7 Å². The fourth-order valence-electron chi connectivity index (χ4n) is 4.00. The molecule has 0 unspecified atom stereocenters. The van der Waals surface area contributed by atoms with Crippen LogP contribution in [0, 0.1) is 0 Å². The average molecular weight is 447 g/mol. The maximum absolute atomic E-state index is 13.3. The Bertz CT molecular complexity index is 1170. The van der Waals surface area contributed by atoms with Crippen LogP contribution >= 0.6 is 0 Å². The second-order valence-corrected chi connectivity index (χ2v) is 8.04. The predicted octanol–water partition coefficient (Wildman–Crippen LogP) is 2.17. The molecule has 1 aliphatic rings. The minimum Gasteiger partial charge on any atom is -0.502 e. The van der Waals surface area contributed by atoms with E-state index in [1.807, 2.05) is 65.7 Å². The van der Waals surface area contributed by atoms with Crippen LogP contribution in [0.25, 0.3) is 0 Å². The number of nitrogens with zero attached hydrogens (tertiary/aromatic N) is 4. The molecule has 2 heterocycles. The number of benzene rings is 2. The Kier molecular flexibility index (Phi) is 6.17. The molecule has 1 aliphatic heterocycles. The minimum atomic E-state index is -0.617. The predicted molar refractivity (Wildman–Crippen MR) is 125 cm³/mol. The van der Waals surface area contributed by atoms with Gasteiger partial charge in [0.1, 0.15) is 6.67 Å². The van der Waals surface area contributed by atoms with E-state index < -0.39 is 17.1 Å². The van der Waals surface area contributed by atoms with Gasteiger partial charge < -0.3 is 14.9 Å². The van der Waals surface area contributed by atoms with Crippen LogP contribution in [0.5, 0.6) is 5.75 Å². The highest BCUT2D eigenvalue weighted by atomic mass is 16.3. The number of aromatic hydroxyl groups is 1. The van der Waals surface area contributed by atoms with Crippen LogP contribution in [0.2, 0.25) is 0 Å². The highest BCUT2D eigenvalue weighted by Gasteiger charge is 2.36. The Balaban J connectivity index is 1.84. The topological polar surface area (TPSA) is 86.1 Å². The number of carbonyl (C=O) groups excluding carboxylic acids is 2. The van der Waals surface area contributed by atoms with Crippen LogP contribution in [0.3, 0.4) is 0 Å². The molecule has 2 aromatic carbocycles. The zero-order valence-electron chi connectivity index (χ0n) is 18.6. The zero-order valence-corrected chi connectivity index (χ0v) is 18.6. The van der Waals surface area contributed by atoms with E-state index in [2.05, 4.69) is 0 Å². The standard InChI is InChI=1S/C25H26N4O4/c1-18(30)26(2)15-16-27-17-29(28-14-13-21(31)24(32)23(28)25(27)33)22(19-9-5-3-6-10-19)20-11-7-4-8-12-20/h3-14,22,32H,15-17H2,1-2H3. The third kappa shape index (κ3) is 4.32. The third-order valence-corrected chi connectivity index (χ3v) is 5.91. The van der Waals surface area contributed by atoms with Gasteiger partial charge in [-0.3, -0.25) is 24.1 Å². The summed E-state index contributed by atoms with van der Waals surface area (Å²) in [6, 6.07) is 20.6. The van der Waals surface area contributed by atoms with E-state index in [4.69, 9.17) is 0 Å². The van der Waals surface area contributed by atoms with Gasteiger partial charge in [-0.2, -0.15) is 0 Å². The molecule has 8 heteroatoms. The Labute approximate surface area is 191 Å². The van der Waals surface area contributed by atoms with Crippen molar-refractivity contribution in [3.05, 3.63) is 100.0 Å². The van der Waals surface area contributed by atoms with Gasteiger partial charge in [0.05, 0.1) is 6.04 Å². The van der Waals surface area contributed by atoms with Crippen molar-refractivity contribution in [3.63, 3.8) is 0 Å². The van der Waals surface area contributed by atoms with Crippen LogP contribution in [0.4, 0.5) is 0 Å². The summed E-state index contributed by atoms with van der Waals surface area (Å²) in [7, 11) is 1.67. The van der Waals surface area contributed by atoms with E-state index in [-0.39, 0.29) is 30.9 Å². The summed E-state index contributed by atoms with van der Waals surface area (Å²) in [4.78, 5) is 40.2. The smallest absolute Gasteiger partial charge is 0.277 e. The highest BCUT2D eigenvalue weighted by molar-refractivity contribution is 5.96. The molecular formula is C25H26N4O4. The summed E-state index contributed by atoms with van der Waals surface area (Å²) in [6.07, 6.45) is 1.52. The van der Waals surface area contributed by atoms with E-state index in [0.29, 0.717) is 6.54 Å². The van der Waals surface area contributed by atoms with Gasteiger partial charge in [-0.05, 0) is 11.1 Å². The number of aromatic nitrogens is 1. The van der Waals surface area contributed by atoms with Gasteiger partial charge in [0.2, 0.25) is 11.3 Å². The molecule has 170 valence electrons. The number of hydrogen-bond donors (Lipinski definition) is 1. The van der Waals surface area contributed by atoms with Gasteiger partial charge in [-0.15, -0.1) is 0 Å². The molecule has 33 heavy (non-hydrogen) atoms. The first kappa shape index (κ1) is 22.1. The van der Waals surface area contributed by atoms with Crippen molar-refractivity contribution in [3.8, 4) is 5.75 Å². The number of pyridine rings is 1. The molecule has 0 saturated carbocycles. The molecule has 1 aromatic heterocycles. The Morgan fingerprint density at radius 2 is 1.58 bits per heavy atom. The van der Waals surface area contributed by atoms with E-state index in [0.717, 1.165) is 11.1 Å². The molecule has 1 N–H and O–H groups in total. The van der Waals surface area contributed by atoms with Crippen molar-refractivity contribution in [2.24, 2.45) is 0 Å². The second kappa shape index (κ2) is 9.20. The SMILES string of the molecule is CC(=O)N(C)CCN1CN(C(c2ccccc2)c2ccccc2)n2ccc(=O)c(O)c2C1=O. The summed E-state index contributed by atoms with van der Waals surface area (Å²) in [5, 5.41) is 12.5. The normalized spacial score (nSPS) is 13.2. The quantitative estimate of drug-likeness (QED) is 0.627. The van der Waals surface area contributed by atoms with Crippen molar-refractivity contribution in [2.75, 3.05) is 31.8 Å². The van der Waals surface area contributed by atoms with Crippen LogP contribution in [0.15, 0.2) is 77.7 Å². The molecule has 0 radical (unpaired) electrons. The van der Waals surface area contributed by atoms with Crippen LogP contribution in [-0.4, -0.2) is 58.2 Å². The average Bonchev–Trinajstić information content (AvgIpc) is 2.83. The lowest BCUT2D eigenvalue weighted by molar-refractivity contribution is -0.127. The maximum Gasteiger partial charge on any atom is 0.277 e. The first-order chi connectivity index (χ1) is 15.9. The van der Waals surface area contributed by atoms with E-state index in [1.165, 1.54) is 24.1 Å². The summed E-state index contributed by atoms with van der Waals surface area (Å²) in [5.74, 6) is -1.16. The highest BCUT2D eigenvalue weighted by Crippen LogP contribution is 2.31. The van der Waals surface area contributed by atoms with Gasteiger partial charge in [0.15, 0.2) is 11.4 Å². The Hall–Kier alpha value is -4.07. The van der Waals surface area contributed by atoms with Crippen LogP contribution in [0.1, 0.15) is 34.6 Å². The third-order valence-electron chi connectivity index (χ3n) is 5.91. The lowest BCUT2D eigenvalue weighted by atomic mass is 9.98. The first-order valence-electron chi connectivity index (χ1n) is 10.7. The first-order valence-corrected chi connectivity index (χ1v) is 10.7. The number of likely N-dealkylation sites (N-methyl/N-ethyl adjacent to an activating group) is 1. The van der Waals surface area contributed by atoms with Crippen molar-refractivity contribution >= 4 is 11.8 Å². The summed E-state index contributed by atoms with van der Waals surface area (Å²) < 4.78 is 1.56. The van der Waals surface area contributed by atoms with E-state index in [1.54, 1.807) is 16.6 Å².